The second-order valence-corrected chi connectivity index (χ2v) is 7.63. The van der Waals surface area contributed by atoms with E-state index in [0.717, 1.165) is 30.1 Å². The Morgan fingerprint density at radius 3 is 2.52 bits per heavy atom. The molecule has 0 aliphatic carbocycles. The van der Waals surface area contributed by atoms with E-state index < -0.39 is 5.97 Å². The van der Waals surface area contributed by atoms with Crippen molar-refractivity contribution >= 4 is 23.2 Å². The molecule has 1 fully saturated rings. The van der Waals surface area contributed by atoms with Crippen LogP contribution in [0.3, 0.4) is 0 Å². The van der Waals surface area contributed by atoms with Gasteiger partial charge >= 0.3 is 5.97 Å². The molecule has 2 aromatic rings. The van der Waals surface area contributed by atoms with Gasteiger partial charge in [-0.1, -0.05) is 13.8 Å². The molecule has 5 nitrogen and oxygen atoms in total. The molecule has 1 aliphatic heterocycles. The highest BCUT2D eigenvalue weighted by Gasteiger charge is 2.27. The quantitative estimate of drug-likeness (QED) is 0.897. The molecule has 1 unspecified atom stereocenters. The first-order chi connectivity index (χ1) is 12.0. The van der Waals surface area contributed by atoms with Crippen LogP contribution in [0.4, 0.5) is 0 Å². The van der Waals surface area contributed by atoms with Crippen molar-refractivity contribution in [3.05, 3.63) is 51.5 Å². The first-order valence-corrected chi connectivity index (χ1v) is 9.41. The molecule has 3 rings (SSSR count). The standard InChI is InChI=1S/C19H22N2O3S/c1-12(2)16-11-25-17(20-16)15-4-3-9-21(10-15)18(22)13-5-7-14(8-6-13)19(23)24/h5-8,11-12,15H,3-4,9-10H2,1-2H3,(H,23,24). The van der Waals surface area contributed by atoms with E-state index in [9.17, 15) is 9.59 Å². The fraction of sp³-hybridized carbons (Fsp3) is 0.421. The van der Waals surface area contributed by atoms with Gasteiger partial charge in [0.2, 0.25) is 0 Å². The van der Waals surface area contributed by atoms with Crippen LogP contribution in [0.1, 0.15) is 69.9 Å². The Kier molecular flexibility index (Phi) is 5.18. The number of piperidine rings is 1. The Hall–Kier alpha value is -2.21. The van der Waals surface area contributed by atoms with E-state index >= 15 is 0 Å². The lowest BCUT2D eigenvalue weighted by atomic mass is 9.97. The Bertz CT molecular complexity index is 767. The summed E-state index contributed by atoms with van der Waals surface area (Å²) in [5, 5.41) is 12.2. The fourth-order valence-electron chi connectivity index (χ4n) is 3.05. The smallest absolute Gasteiger partial charge is 0.335 e. The van der Waals surface area contributed by atoms with Crippen LogP contribution in [0, 0.1) is 0 Å². The van der Waals surface area contributed by atoms with E-state index in [1.165, 1.54) is 12.1 Å². The normalized spacial score (nSPS) is 17.7. The van der Waals surface area contributed by atoms with Crippen LogP contribution in [-0.2, 0) is 0 Å². The van der Waals surface area contributed by atoms with Crippen molar-refractivity contribution in [2.24, 2.45) is 0 Å². The van der Waals surface area contributed by atoms with Crippen LogP contribution >= 0.6 is 11.3 Å². The van der Waals surface area contributed by atoms with Gasteiger partial charge in [0, 0.05) is 30.0 Å². The molecule has 0 saturated carbocycles. The van der Waals surface area contributed by atoms with Crippen LogP contribution < -0.4 is 0 Å². The molecule has 132 valence electrons. The SMILES string of the molecule is CC(C)c1csc(C2CCCN(C(=O)c3ccc(C(=O)O)cc3)C2)n1. The molecule has 0 bridgehead atoms. The first kappa shape index (κ1) is 17.6. The van der Waals surface area contributed by atoms with Gasteiger partial charge < -0.3 is 10.0 Å². The number of rotatable bonds is 4. The molecule has 1 saturated heterocycles. The number of likely N-dealkylation sites (tertiary alicyclic amines) is 1. The van der Waals surface area contributed by atoms with Crippen molar-refractivity contribution in [1.29, 1.82) is 0 Å². The van der Waals surface area contributed by atoms with Crippen LogP contribution in [0.25, 0.3) is 0 Å². The van der Waals surface area contributed by atoms with E-state index in [1.807, 2.05) is 4.90 Å². The van der Waals surface area contributed by atoms with Crippen LogP contribution in [0.5, 0.6) is 0 Å². The summed E-state index contributed by atoms with van der Waals surface area (Å²) in [6.07, 6.45) is 2.01. The number of carbonyl (C=O) groups is 2. The van der Waals surface area contributed by atoms with Gasteiger partial charge in [-0.05, 0) is 43.0 Å². The molecule has 1 aromatic carbocycles. The number of hydrogen-bond acceptors (Lipinski definition) is 4. The van der Waals surface area contributed by atoms with E-state index in [4.69, 9.17) is 10.1 Å². The highest BCUT2D eigenvalue weighted by atomic mass is 32.1. The maximum absolute atomic E-state index is 12.7. The van der Waals surface area contributed by atoms with Crippen LogP contribution in [-0.4, -0.2) is 40.0 Å². The van der Waals surface area contributed by atoms with Gasteiger partial charge in [-0.2, -0.15) is 0 Å². The molecular formula is C19H22N2O3S. The lowest BCUT2D eigenvalue weighted by molar-refractivity contribution is 0.0687. The molecular weight excluding hydrogens is 336 g/mol. The summed E-state index contributed by atoms with van der Waals surface area (Å²) < 4.78 is 0. The molecule has 25 heavy (non-hydrogen) atoms. The minimum absolute atomic E-state index is 0.0396. The number of nitrogens with zero attached hydrogens (tertiary/aromatic N) is 2. The lowest BCUT2D eigenvalue weighted by Crippen LogP contribution is -2.39. The minimum atomic E-state index is -0.984. The highest BCUT2D eigenvalue weighted by molar-refractivity contribution is 7.09. The Morgan fingerprint density at radius 2 is 1.92 bits per heavy atom. The number of thiazole rings is 1. The van der Waals surface area contributed by atoms with Gasteiger partial charge in [0.15, 0.2) is 0 Å². The molecule has 0 radical (unpaired) electrons. The number of hydrogen-bond donors (Lipinski definition) is 1. The molecule has 1 aliphatic rings. The summed E-state index contributed by atoms with van der Waals surface area (Å²) >= 11 is 1.68. The fourth-order valence-corrected chi connectivity index (χ4v) is 4.16. The molecule has 1 aromatic heterocycles. The second-order valence-electron chi connectivity index (χ2n) is 6.74. The number of carboxylic acids is 1. The highest BCUT2D eigenvalue weighted by Crippen LogP contribution is 2.31. The van der Waals surface area contributed by atoms with Crippen LogP contribution in [0.2, 0.25) is 0 Å². The maximum atomic E-state index is 12.7. The summed E-state index contributed by atoms with van der Waals surface area (Å²) in [7, 11) is 0. The van der Waals surface area contributed by atoms with Crippen molar-refractivity contribution in [3.63, 3.8) is 0 Å². The second kappa shape index (κ2) is 7.35. The minimum Gasteiger partial charge on any atom is -0.478 e. The molecule has 0 spiro atoms. The summed E-state index contributed by atoms with van der Waals surface area (Å²) in [5.41, 5.74) is 1.84. The van der Waals surface area contributed by atoms with E-state index in [0.29, 0.717) is 18.0 Å². The molecule has 6 heteroatoms. The molecule has 2 heterocycles. The zero-order chi connectivity index (χ0) is 18.0. The number of amides is 1. The van der Waals surface area contributed by atoms with Crippen molar-refractivity contribution < 1.29 is 14.7 Å². The van der Waals surface area contributed by atoms with E-state index in [2.05, 4.69) is 19.2 Å². The van der Waals surface area contributed by atoms with Gasteiger partial charge in [0.25, 0.3) is 5.91 Å². The third-order valence-corrected chi connectivity index (χ3v) is 5.59. The van der Waals surface area contributed by atoms with Crippen molar-refractivity contribution in [1.82, 2.24) is 9.88 Å². The predicted molar refractivity (Wildman–Crippen MR) is 97.5 cm³/mol. The number of carbonyl (C=O) groups excluding carboxylic acids is 1. The number of benzene rings is 1. The summed E-state index contributed by atoms with van der Waals surface area (Å²) in [5.74, 6) is -0.323. The zero-order valence-corrected chi connectivity index (χ0v) is 15.3. The molecule has 1 amide bonds. The predicted octanol–water partition coefficient (Wildman–Crippen LogP) is 3.98. The van der Waals surface area contributed by atoms with Gasteiger partial charge in [-0.3, -0.25) is 4.79 Å². The van der Waals surface area contributed by atoms with Gasteiger partial charge in [0.1, 0.15) is 0 Å². The third-order valence-electron chi connectivity index (χ3n) is 4.57. The Morgan fingerprint density at radius 1 is 1.24 bits per heavy atom. The van der Waals surface area contributed by atoms with E-state index in [-0.39, 0.29) is 17.4 Å². The maximum Gasteiger partial charge on any atom is 0.335 e. The van der Waals surface area contributed by atoms with E-state index in [1.54, 1.807) is 23.5 Å². The van der Waals surface area contributed by atoms with Gasteiger partial charge in [-0.25, -0.2) is 9.78 Å². The van der Waals surface area contributed by atoms with Gasteiger partial charge in [0.05, 0.1) is 16.3 Å². The van der Waals surface area contributed by atoms with Crippen molar-refractivity contribution in [2.45, 2.75) is 38.5 Å². The third kappa shape index (κ3) is 3.90. The number of aromatic nitrogens is 1. The van der Waals surface area contributed by atoms with Gasteiger partial charge in [-0.15, -0.1) is 11.3 Å². The largest absolute Gasteiger partial charge is 0.478 e. The topological polar surface area (TPSA) is 70.5 Å². The lowest BCUT2D eigenvalue weighted by Gasteiger charge is -2.32. The zero-order valence-electron chi connectivity index (χ0n) is 14.4. The summed E-state index contributed by atoms with van der Waals surface area (Å²) in [4.78, 5) is 30.3. The Balaban J connectivity index is 1.71. The molecule has 1 atom stereocenters. The summed E-state index contributed by atoms with van der Waals surface area (Å²) in [6, 6.07) is 6.14. The van der Waals surface area contributed by atoms with Crippen molar-refractivity contribution in [3.8, 4) is 0 Å². The molecule has 1 N–H and O–H groups in total. The average molecular weight is 358 g/mol. The first-order valence-electron chi connectivity index (χ1n) is 8.53. The average Bonchev–Trinajstić information content (AvgIpc) is 3.12. The Labute approximate surface area is 151 Å². The van der Waals surface area contributed by atoms with Crippen LogP contribution in [0.15, 0.2) is 29.6 Å². The monoisotopic (exact) mass is 358 g/mol. The number of carboxylic acid groups (broad SMARTS) is 1. The number of aromatic carboxylic acids is 1. The summed E-state index contributed by atoms with van der Waals surface area (Å²) in [6.45, 7) is 5.68. The van der Waals surface area contributed by atoms with Crippen molar-refractivity contribution in [2.75, 3.05) is 13.1 Å².